The number of hydrogen-bond donors (Lipinski definition) is 1. The SMILES string of the molecule is CC1(C)C(=O)N(c2cccnc2)C(=O)N1Cc1ccccc1Nc1ccccc1. The van der Waals surface area contributed by atoms with Crippen LogP contribution in [0, 0.1) is 0 Å². The summed E-state index contributed by atoms with van der Waals surface area (Å²) in [5, 5.41) is 3.40. The lowest BCUT2D eigenvalue weighted by Crippen LogP contribution is -2.43. The van der Waals surface area contributed by atoms with Gasteiger partial charge in [-0.05, 0) is 49.7 Å². The fourth-order valence-corrected chi connectivity index (χ4v) is 3.44. The molecule has 1 aliphatic heterocycles. The lowest BCUT2D eigenvalue weighted by molar-refractivity contribution is -0.123. The Morgan fingerprint density at radius 1 is 0.931 bits per heavy atom. The zero-order chi connectivity index (χ0) is 20.4. The van der Waals surface area contributed by atoms with E-state index in [-0.39, 0.29) is 11.9 Å². The Labute approximate surface area is 169 Å². The molecule has 2 aromatic carbocycles. The monoisotopic (exact) mass is 386 g/mol. The van der Waals surface area contributed by atoms with Crippen molar-refractivity contribution in [1.82, 2.24) is 9.88 Å². The molecule has 1 fully saturated rings. The molecule has 3 aromatic rings. The minimum atomic E-state index is -0.965. The van der Waals surface area contributed by atoms with Crippen molar-refractivity contribution >= 4 is 29.0 Å². The van der Waals surface area contributed by atoms with Crippen LogP contribution in [0.4, 0.5) is 21.9 Å². The first-order valence-corrected chi connectivity index (χ1v) is 9.44. The zero-order valence-electron chi connectivity index (χ0n) is 16.4. The fourth-order valence-electron chi connectivity index (χ4n) is 3.44. The van der Waals surface area contributed by atoms with Crippen molar-refractivity contribution in [3.05, 3.63) is 84.7 Å². The molecule has 2 heterocycles. The van der Waals surface area contributed by atoms with Gasteiger partial charge in [0.25, 0.3) is 5.91 Å². The highest BCUT2D eigenvalue weighted by molar-refractivity contribution is 6.22. The number of benzene rings is 2. The summed E-state index contributed by atoms with van der Waals surface area (Å²) in [5.74, 6) is -0.260. The van der Waals surface area contributed by atoms with E-state index in [1.807, 2.05) is 54.6 Å². The number of para-hydroxylation sites is 2. The lowest BCUT2D eigenvalue weighted by atomic mass is 10.0. The van der Waals surface area contributed by atoms with Crippen LogP contribution >= 0.6 is 0 Å². The van der Waals surface area contributed by atoms with Crippen LogP contribution in [-0.4, -0.2) is 27.4 Å². The molecule has 1 aromatic heterocycles. The zero-order valence-corrected chi connectivity index (χ0v) is 16.4. The molecule has 29 heavy (non-hydrogen) atoms. The second-order valence-electron chi connectivity index (χ2n) is 7.43. The number of hydrogen-bond acceptors (Lipinski definition) is 4. The molecule has 6 nitrogen and oxygen atoms in total. The van der Waals surface area contributed by atoms with Crippen LogP contribution < -0.4 is 10.2 Å². The minimum Gasteiger partial charge on any atom is -0.355 e. The minimum absolute atomic E-state index is 0.260. The van der Waals surface area contributed by atoms with Crippen molar-refractivity contribution < 1.29 is 9.59 Å². The summed E-state index contributed by atoms with van der Waals surface area (Å²) in [7, 11) is 0. The number of urea groups is 1. The second-order valence-corrected chi connectivity index (χ2v) is 7.43. The van der Waals surface area contributed by atoms with Crippen molar-refractivity contribution in [3.8, 4) is 0 Å². The average Bonchev–Trinajstić information content (AvgIpc) is 2.90. The number of imide groups is 1. The van der Waals surface area contributed by atoms with Gasteiger partial charge in [0.15, 0.2) is 0 Å². The van der Waals surface area contributed by atoms with Crippen LogP contribution in [0.1, 0.15) is 19.4 Å². The first-order valence-electron chi connectivity index (χ1n) is 9.44. The van der Waals surface area contributed by atoms with Crippen LogP contribution in [0.25, 0.3) is 0 Å². The summed E-state index contributed by atoms with van der Waals surface area (Å²) in [6.07, 6.45) is 3.14. The van der Waals surface area contributed by atoms with Gasteiger partial charge in [0.05, 0.1) is 18.4 Å². The highest BCUT2D eigenvalue weighted by Gasteiger charge is 2.51. The third-order valence-electron chi connectivity index (χ3n) is 5.13. The third-order valence-corrected chi connectivity index (χ3v) is 5.13. The van der Waals surface area contributed by atoms with E-state index in [0.29, 0.717) is 12.2 Å². The Kier molecular flexibility index (Phi) is 4.76. The van der Waals surface area contributed by atoms with E-state index < -0.39 is 5.54 Å². The predicted molar refractivity (Wildman–Crippen MR) is 113 cm³/mol. The Balaban J connectivity index is 1.64. The smallest absolute Gasteiger partial charge is 0.332 e. The first kappa shape index (κ1) is 18.7. The van der Waals surface area contributed by atoms with Gasteiger partial charge in [-0.15, -0.1) is 0 Å². The van der Waals surface area contributed by atoms with E-state index in [0.717, 1.165) is 16.9 Å². The van der Waals surface area contributed by atoms with Crippen molar-refractivity contribution in [1.29, 1.82) is 0 Å². The predicted octanol–water partition coefficient (Wildman–Crippen LogP) is 4.57. The second kappa shape index (κ2) is 7.39. The molecule has 1 N–H and O–H groups in total. The number of carbonyl (C=O) groups is 2. The van der Waals surface area contributed by atoms with Gasteiger partial charge in [0.1, 0.15) is 5.54 Å². The standard InChI is InChI=1S/C23H22N4O2/c1-23(2)21(28)27(19-12-8-14-24-15-19)22(29)26(23)16-17-9-6-7-13-20(17)25-18-10-4-3-5-11-18/h3-15,25H,16H2,1-2H3. The fraction of sp³-hybridized carbons (Fsp3) is 0.174. The van der Waals surface area contributed by atoms with Crippen LogP contribution in [0.15, 0.2) is 79.1 Å². The van der Waals surface area contributed by atoms with Gasteiger partial charge in [0, 0.05) is 17.6 Å². The summed E-state index contributed by atoms with van der Waals surface area (Å²) < 4.78 is 0. The molecule has 4 rings (SSSR count). The van der Waals surface area contributed by atoms with E-state index >= 15 is 0 Å². The lowest BCUT2D eigenvalue weighted by Gasteiger charge is -2.28. The van der Waals surface area contributed by atoms with Gasteiger partial charge in [-0.2, -0.15) is 0 Å². The molecule has 0 spiro atoms. The number of aromatic nitrogens is 1. The highest BCUT2D eigenvalue weighted by Crippen LogP contribution is 2.34. The maximum atomic E-state index is 13.2. The Hall–Kier alpha value is -3.67. The Morgan fingerprint density at radius 3 is 2.38 bits per heavy atom. The summed E-state index contributed by atoms with van der Waals surface area (Å²) in [6.45, 7) is 3.86. The normalized spacial score (nSPS) is 15.7. The van der Waals surface area contributed by atoms with Crippen LogP contribution in [0.2, 0.25) is 0 Å². The maximum Gasteiger partial charge on any atom is 0.332 e. The van der Waals surface area contributed by atoms with E-state index in [9.17, 15) is 9.59 Å². The molecule has 0 aliphatic carbocycles. The highest BCUT2D eigenvalue weighted by atomic mass is 16.2. The van der Waals surface area contributed by atoms with Crippen molar-refractivity contribution in [3.63, 3.8) is 0 Å². The molecule has 0 atom stereocenters. The maximum absolute atomic E-state index is 13.2. The molecule has 0 unspecified atom stereocenters. The van der Waals surface area contributed by atoms with E-state index in [4.69, 9.17) is 0 Å². The largest absolute Gasteiger partial charge is 0.355 e. The topological polar surface area (TPSA) is 65.5 Å². The molecule has 0 radical (unpaired) electrons. The van der Waals surface area contributed by atoms with E-state index in [1.54, 1.807) is 37.1 Å². The number of nitrogens with zero attached hydrogens (tertiary/aromatic N) is 3. The molecule has 3 amide bonds. The van der Waals surface area contributed by atoms with Crippen molar-refractivity contribution in [2.75, 3.05) is 10.2 Å². The molecule has 1 aliphatic rings. The van der Waals surface area contributed by atoms with Gasteiger partial charge < -0.3 is 10.2 Å². The van der Waals surface area contributed by atoms with E-state index in [2.05, 4.69) is 10.3 Å². The molecule has 0 saturated carbocycles. The van der Waals surface area contributed by atoms with Gasteiger partial charge in [-0.25, -0.2) is 9.69 Å². The van der Waals surface area contributed by atoms with E-state index in [1.165, 1.54) is 11.1 Å². The number of rotatable bonds is 5. The molecular weight excluding hydrogens is 364 g/mol. The molecule has 1 saturated heterocycles. The van der Waals surface area contributed by atoms with Gasteiger partial charge in [-0.1, -0.05) is 36.4 Å². The Bertz CT molecular complexity index is 1040. The van der Waals surface area contributed by atoms with Crippen LogP contribution in [-0.2, 0) is 11.3 Å². The molecule has 6 heteroatoms. The summed E-state index contributed by atoms with van der Waals surface area (Å²) in [5.41, 5.74) is 2.30. The molecule has 146 valence electrons. The number of nitrogens with one attached hydrogen (secondary N) is 1. The van der Waals surface area contributed by atoms with Crippen molar-refractivity contribution in [2.24, 2.45) is 0 Å². The Morgan fingerprint density at radius 2 is 1.66 bits per heavy atom. The summed E-state index contributed by atoms with van der Waals surface area (Å²) in [6, 6.07) is 20.7. The van der Waals surface area contributed by atoms with Crippen LogP contribution in [0.5, 0.6) is 0 Å². The summed E-state index contributed by atoms with van der Waals surface area (Å²) >= 11 is 0. The third kappa shape index (κ3) is 3.45. The molecular formula is C23H22N4O2. The average molecular weight is 386 g/mol. The number of anilines is 3. The van der Waals surface area contributed by atoms with Crippen LogP contribution in [0.3, 0.4) is 0 Å². The van der Waals surface area contributed by atoms with Crippen molar-refractivity contribution in [2.45, 2.75) is 25.9 Å². The molecule has 0 bridgehead atoms. The summed E-state index contributed by atoms with van der Waals surface area (Å²) in [4.78, 5) is 33.1. The van der Waals surface area contributed by atoms with Gasteiger partial charge in [-0.3, -0.25) is 9.78 Å². The quantitative estimate of drug-likeness (QED) is 0.652. The number of pyridine rings is 1. The number of carbonyl (C=O) groups excluding carboxylic acids is 2. The number of amides is 3. The first-order chi connectivity index (χ1) is 14.0. The van der Waals surface area contributed by atoms with Gasteiger partial charge >= 0.3 is 6.03 Å². The van der Waals surface area contributed by atoms with Gasteiger partial charge in [0.2, 0.25) is 0 Å².